The Morgan fingerprint density at radius 2 is 1.75 bits per heavy atom. The molecule has 0 saturated heterocycles. The number of phenols is 1. The molecule has 100 valence electrons. The minimum absolute atomic E-state index is 0.0729. The summed E-state index contributed by atoms with van der Waals surface area (Å²) in [4.78, 5) is 14.0. The van der Waals surface area contributed by atoms with Gasteiger partial charge in [-0.05, 0) is 81.1 Å². The Kier molecular flexibility index (Phi) is 4.09. The van der Waals surface area contributed by atoms with Crippen molar-refractivity contribution < 1.29 is 9.90 Å². The standard InChI is InChI=1S/C15H8I2O2S/c16-10-5-8(6-11(17)15(10)19)7-13-14(18)9-3-1-2-4-12(9)20-13/h1-7,19H/b13-7-. The second kappa shape index (κ2) is 5.69. The summed E-state index contributed by atoms with van der Waals surface area (Å²) in [6.07, 6.45) is 1.89. The van der Waals surface area contributed by atoms with Crippen molar-refractivity contribution in [1.29, 1.82) is 0 Å². The van der Waals surface area contributed by atoms with Gasteiger partial charge in [0.05, 0.1) is 12.0 Å². The van der Waals surface area contributed by atoms with E-state index in [2.05, 4.69) is 45.2 Å². The maximum atomic E-state index is 12.3. The van der Waals surface area contributed by atoms with Crippen molar-refractivity contribution >= 4 is 68.8 Å². The SMILES string of the molecule is O=C1/C(=C/c2cc(I)c(O)c(I)c2)Sc2ccccc21. The zero-order chi connectivity index (χ0) is 14.3. The van der Waals surface area contributed by atoms with Gasteiger partial charge in [0.15, 0.2) is 0 Å². The van der Waals surface area contributed by atoms with E-state index in [1.54, 1.807) is 0 Å². The van der Waals surface area contributed by atoms with E-state index in [0.717, 1.165) is 28.1 Å². The van der Waals surface area contributed by atoms with Crippen LogP contribution in [0.15, 0.2) is 46.2 Å². The van der Waals surface area contributed by atoms with Crippen molar-refractivity contribution in [2.75, 3.05) is 0 Å². The minimum Gasteiger partial charge on any atom is -0.506 e. The lowest BCUT2D eigenvalue weighted by molar-refractivity contribution is 0.104. The van der Waals surface area contributed by atoms with Gasteiger partial charge in [-0.2, -0.15) is 0 Å². The number of thioether (sulfide) groups is 1. The van der Waals surface area contributed by atoms with E-state index < -0.39 is 0 Å². The molecule has 3 rings (SSSR count). The molecule has 0 atom stereocenters. The summed E-state index contributed by atoms with van der Waals surface area (Å²) in [7, 11) is 0. The average molecular weight is 506 g/mol. The first-order chi connectivity index (χ1) is 9.56. The van der Waals surface area contributed by atoms with Gasteiger partial charge in [0, 0.05) is 10.5 Å². The normalized spacial score (nSPS) is 15.7. The molecule has 20 heavy (non-hydrogen) atoms. The second-order valence-electron chi connectivity index (χ2n) is 4.27. The topological polar surface area (TPSA) is 37.3 Å². The highest BCUT2D eigenvalue weighted by molar-refractivity contribution is 14.1. The molecular weight excluding hydrogens is 498 g/mol. The predicted molar refractivity (Wildman–Crippen MR) is 98.1 cm³/mol. The monoisotopic (exact) mass is 506 g/mol. The Morgan fingerprint density at radius 3 is 2.40 bits per heavy atom. The number of Topliss-reactive ketones (excluding diaryl/α,β-unsaturated/α-hetero) is 1. The van der Waals surface area contributed by atoms with Gasteiger partial charge in [-0.25, -0.2) is 0 Å². The molecule has 0 aromatic heterocycles. The first-order valence-electron chi connectivity index (χ1n) is 5.77. The summed E-state index contributed by atoms with van der Waals surface area (Å²) in [6, 6.07) is 11.4. The van der Waals surface area contributed by atoms with E-state index in [0.29, 0.717) is 5.75 Å². The van der Waals surface area contributed by atoms with Crippen molar-refractivity contribution in [3.63, 3.8) is 0 Å². The van der Waals surface area contributed by atoms with E-state index in [1.165, 1.54) is 11.8 Å². The quantitative estimate of drug-likeness (QED) is 0.441. The molecule has 2 nitrogen and oxygen atoms in total. The zero-order valence-corrected chi connectivity index (χ0v) is 15.2. The maximum Gasteiger partial charge on any atom is 0.200 e. The number of benzene rings is 2. The van der Waals surface area contributed by atoms with Gasteiger partial charge in [-0.3, -0.25) is 4.79 Å². The third-order valence-corrected chi connectivity index (χ3v) is 5.66. The van der Waals surface area contributed by atoms with E-state index in [9.17, 15) is 9.90 Å². The molecule has 0 spiro atoms. The lowest BCUT2D eigenvalue weighted by Gasteiger charge is -2.03. The van der Waals surface area contributed by atoms with Crippen LogP contribution in [0, 0.1) is 7.14 Å². The molecule has 1 aliphatic heterocycles. The summed E-state index contributed by atoms with van der Waals surface area (Å²) in [5.41, 5.74) is 1.70. The summed E-state index contributed by atoms with van der Waals surface area (Å²) in [5.74, 6) is 0.366. The number of rotatable bonds is 1. The van der Waals surface area contributed by atoms with Crippen LogP contribution in [0.2, 0.25) is 0 Å². The molecule has 5 heteroatoms. The Bertz CT molecular complexity index is 730. The largest absolute Gasteiger partial charge is 0.506 e. The van der Waals surface area contributed by atoms with E-state index >= 15 is 0 Å². The molecule has 1 N–H and O–H groups in total. The van der Waals surface area contributed by atoms with Gasteiger partial charge in [0.25, 0.3) is 0 Å². The van der Waals surface area contributed by atoms with Gasteiger partial charge in [-0.1, -0.05) is 23.9 Å². The molecule has 2 aromatic carbocycles. The molecule has 0 bridgehead atoms. The average Bonchev–Trinajstić information content (AvgIpc) is 2.73. The number of allylic oxidation sites excluding steroid dienone is 1. The molecule has 0 aliphatic carbocycles. The minimum atomic E-state index is 0.0729. The zero-order valence-electron chi connectivity index (χ0n) is 10.1. The van der Waals surface area contributed by atoms with Gasteiger partial charge >= 0.3 is 0 Å². The van der Waals surface area contributed by atoms with Crippen molar-refractivity contribution in [2.45, 2.75) is 4.90 Å². The van der Waals surface area contributed by atoms with E-state index in [4.69, 9.17) is 0 Å². The summed E-state index contributed by atoms with van der Waals surface area (Å²) >= 11 is 5.68. The first kappa shape index (κ1) is 14.4. The van der Waals surface area contributed by atoms with Crippen LogP contribution in [-0.4, -0.2) is 10.9 Å². The summed E-state index contributed by atoms with van der Waals surface area (Å²) in [5, 5.41) is 9.78. The molecule has 0 fully saturated rings. The van der Waals surface area contributed by atoms with Gasteiger partial charge in [-0.15, -0.1) is 0 Å². The lowest BCUT2D eigenvalue weighted by atomic mass is 10.1. The van der Waals surface area contributed by atoms with Crippen LogP contribution in [0.3, 0.4) is 0 Å². The van der Waals surface area contributed by atoms with Crippen molar-refractivity contribution in [3.05, 3.63) is 59.6 Å². The number of fused-ring (bicyclic) bond motifs is 1. The number of carbonyl (C=O) groups excluding carboxylic acids is 1. The Morgan fingerprint density at radius 1 is 1.10 bits per heavy atom. The predicted octanol–water partition coefficient (Wildman–Crippen LogP) is 4.93. The highest BCUT2D eigenvalue weighted by Crippen LogP contribution is 2.41. The molecule has 1 aliphatic rings. The lowest BCUT2D eigenvalue weighted by Crippen LogP contribution is -1.93. The maximum absolute atomic E-state index is 12.3. The molecule has 0 radical (unpaired) electrons. The third kappa shape index (κ3) is 2.62. The van der Waals surface area contributed by atoms with Crippen molar-refractivity contribution in [3.8, 4) is 5.75 Å². The fraction of sp³-hybridized carbons (Fsp3) is 0. The number of halogens is 2. The van der Waals surface area contributed by atoms with Crippen LogP contribution >= 0.6 is 56.9 Å². The number of phenolic OH excluding ortho intramolecular Hbond substituents is 1. The highest BCUT2D eigenvalue weighted by atomic mass is 127. The second-order valence-corrected chi connectivity index (χ2v) is 7.68. The van der Waals surface area contributed by atoms with Crippen molar-refractivity contribution in [2.24, 2.45) is 0 Å². The highest BCUT2D eigenvalue weighted by Gasteiger charge is 2.25. The van der Waals surface area contributed by atoms with Crippen LogP contribution in [-0.2, 0) is 0 Å². The molecule has 0 saturated carbocycles. The van der Waals surface area contributed by atoms with Crippen molar-refractivity contribution in [1.82, 2.24) is 0 Å². The first-order valence-corrected chi connectivity index (χ1v) is 8.75. The van der Waals surface area contributed by atoms with Crippen LogP contribution in [0.25, 0.3) is 6.08 Å². The molecule has 2 aromatic rings. The molecule has 0 unspecified atom stereocenters. The van der Waals surface area contributed by atoms with Gasteiger partial charge in [0.2, 0.25) is 5.78 Å². The fourth-order valence-corrected chi connectivity index (χ4v) is 4.82. The smallest absolute Gasteiger partial charge is 0.200 e. The van der Waals surface area contributed by atoms with Crippen LogP contribution < -0.4 is 0 Å². The molecular formula is C15H8I2O2S. The number of carbonyl (C=O) groups is 1. The van der Waals surface area contributed by atoms with Crippen LogP contribution in [0.5, 0.6) is 5.75 Å². The number of ketones is 1. The van der Waals surface area contributed by atoms with Crippen LogP contribution in [0.4, 0.5) is 0 Å². The summed E-state index contributed by atoms with van der Waals surface area (Å²) in [6.45, 7) is 0. The third-order valence-electron chi connectivity index (χ3n) is 2.91. The molecule has 1 heterocycles. The number of aromatic hydroxyl groups is 1. The number of hydrogen-bond donors (Lipinski definition) is 1. The van der Waals surface area contributed by atoms with Gasteiger partial charge < -0.3 is 5.11 Å². The van der Waals surface area contributed by atoms with E-state index in [-0.39, 0.29) is 5.78 Å². The Balaban J connectivity index is 2.02. The fourth-order valence-electron chi connectivity index (χ4n) is 1.96. The van der Waals surface area contributed by atoms with E-state index in [1.807, 2.05) is 42.5 Å². The van der Waals surface area contributed by atoms with Gasteiger partial charge in [0.1, 0.15) is 5.75 Å². The summed E-state index contributed by atoms with van der Waals surface area (Å²) < 4.78 is 1.57. The Hall–Kier alpha value is -0.540. The number of hydrogen-bond acceptors (Lipinski definition) is 3. The van der Waals surface area contributed by atoms with Crippen LogP contribution in [0.1, 0.15) is 15.9 Å². The Labute approximate surface area is 147 Å². The molecule has 0 amide bonds.